The fourth-order valence-corrected chi connectivity index (χ4v) is 1.74. The van der Waals surface area contributed by atoms with E-state index >= 15 is 0 Å². The summed E-state index contributed by atoms with van der Waals surface area (Å²) in [6.07, 6.45) is 3.51. The second-order valence-electron chi connectivity index (χ2n) is 4.85. The van der Waals surface area contributed by atoms with Gasteiger partial charge in [-0.15, -0.1) is 0 Å². The summed E-state index contributed by atoms with van der Waals surface area (Å²) >= 11 is 0. The van der Waals surface area contributed by atoms with Crippen LogP contribution in [0, 0.1) is 0 Å². The van der Waals surface area contributed by atoms with Crippen LogP contribution in [-0.2, 0) is 6.42 Å². The second-order valence-corrected chi connectivity index (χ2v) is 4.85. The van der Waals surface area contributed by atoms with E-state index in [1.165, 1.54) is 5.56 Å². The van der Waals surface area contributed by atoms with Gasteiger partial charge in [-0.1, -0.05) is 12.1 Å². The summed E-state index contributed by atoms with van der Waals surface area (Å²) in [6.45, 7) is 4.08. The van der Waals surface area contributed by atoms with Crippen molar-refractivity contribution in [1.82, 2.24) is 0 Å². The van der Waals surface area contributed by atoms with Gasteiger partial charge in [-0.3, -0.25) is 0 Å². The first kappa shape index (κ1) is 10.5. The Morgan fingerprint density at radius 2 is 2.13 bits per heavy atom. The van der Waals surface area contributed by atoms with Gasteiger partial charge in [-0.2, -0.15) is 0 Å². The number of hydrogen-bond acceptors (Lipinski definition) is 2. The molecule has 0 bridgehead atoms. The number of rotatable bonds is 4. The van der Waals surface area contributed by atoms with Crippen LogP contribution >= 0.6 is 0 Å². The standard InChI is InChI=1S/C13H19NO/c1-10(2)15-12-5-3-4-11(8-12)9-13(14)6-7-13/h3-5,8,10H,6-7,9,14H2,1-2H3. The summed E-state index contributed by atoms with van der Waals surface area (Å²) in [5.41, 5.74) is 7.45. The van der Waals surface area contributed by atoms with Crippen LogP contribution in [0.1, 0.15) is 32.3 Å². The van der Waals surface area contributed by atoms with E-state index in [1.807, 2.05) is 26.0 Å². The normalized spacial score (nSPS) is 17.9. The molecular formula is C13H19NO. The highest BCUT2D eigenvalue weighted by Crippen LogP contribution is 2.36. The molecule has 0 aromatic heterocycles. The molecule has 0 atom stereocenters. The number of hydrogen-bond donors (Lipinski definition) is 1. The zero-order valence-electron chi connectivity index (χ0n) is 9.49. The molecule has 2 heteroatoms. The van der Waals surface area contributed by atoms with Gasteiger partial charge in [-0.05, 0) is 50.8 Å². The lowest BCUT2D eigenvalue weighted by atomic mass is 10.1. The van der Waals surface area contributed by atoms with Crippen molar-refractivity contribution in [3.8, 4) is 5.75 Å². The van der Waals surface area contributed by atoms with Crippen LogP contribution in [0.4, 0.5) is 0 Å². The first-order valence-corrected chi connectivity index (χ1v) is 5.62. The van der Waals surface area contributed by atoms with Crippen LogP contribution in [0.15, 0.2) is 24.3 Å². The molecule has 0 amide bonds. The summed E-state index contributed by atoms with van der Waals surface area (Å²) < 4.78 is 5.65. The van der Waals surface area contributed by atoms with Crippen molar-refractivity contribution >= 4 is 0 Å². The van der Waals surface area contributed by atoms with E-state index in [0.29, 0.717) is 0 Å². The van der Waals surface area contributed by atoms with Gasteiger partial charge in [0.2, 0.25) is 0 Å². The highest BCUT2D eigenvalue weighted by molar-refractivity contribution is 5.30. The summed E-state index contributed by atoms with van der Waals surface area (Å²) in [5, 5.41) is 0. The van der Waals surface area contributed by atoms with Crippen LogP contribution in [0.2, 0.25) is 0 Å². The number of benzene rings is 1. The lowest BCUT2D eigenvalue weighted by Gasteiger charge is -2.12. The summed E-state index contributed by atoms with van der Waals surface area (Å²) in [7, 11) is 0. The third kappa shape index (κ3) is 2.96. The van der Waals surface area contributed by atoms with Crippen molar-refractivity contribution in [2.24, 2.45) is 5.73 Å². The molecule has 2 nitrogen and oxygen atoms in total. The summed E-state index contributed by atoms with van der Waals surface area (Å²) in [6, 6.07) is 8.27. The van der Waals surface area contributed by atoms with Crippen molar-refractivity contribution in [1.29, 1.82) is 0 Å². The van der Waals surface area contributed by atoms with Crippen molar-refractivity contribution in [2.75, 3.05) is 0 Å². The molecule has 2 rings (SSSR count). The molecule has 0 aliphatic heterocycles. The topological polar surface area (TPSA) is 35.2 Å². The predicted molar refractivity (Wildman–Crippen MR) is 62.1 cm³/mol. The minimum Gasteiger partial charge on any atom is -0.491 e. The molecule has 1 aromatic rings. The molecule has 1 aliphatic carbocycles. The van der Waals surface area contributed by atoms with Crippen molar-refractivity contribution in [2.45, 2.75) is 44.8 Å². The zero-order chi connectivity index (χ0) is 10.9. The Labute approximate surface area is 91.4 Å². The molecule has 1 saturated carbocycles. The number of ether oxygens (including phenoxy) is 1. The first-order chi connectivity index (χ1) is 7.07. The predicted octanol–water partition coefficient (Wildman–Crippen LogP) is 2.51. The Morgan fingerprint density at radius 3 is 2.73 bits per heavy atom. The van der Waals surface area contributed by atoms with Gasteiger partial charge in [0, 0.05) is 5.54 Å². The molecule has 2 N–H and O–H groups in total. The van der Waals surface area contributed by atoms with Crippen molar-refractivity contribution in [3.05, 3.63) is 29.8 Å². The molecule has 0 radical (unpaired) electrons. The average Bonchev–Trinajstić information content (AvgIpc) is 2.82. The van der Waals surface area contributed by atoms with Crippen LogP contribution in [0.3, 0.4) is 0 Å². The van der Waals surface area contributed by atoms with E-state index in [2.05, 4.69) is 12.1 Å². The molecule has 0 spiro atoms. The van der Waals surface area contributed by atoms with E-state index < -0.39 is 0 Å². The average molecular weight is 205 g/mol. The largest absolute Gasteiger partial charge is 0.491 e. The van der Waals surface area contributed by atoms with Crippen LogP contribution in [-0.4, -0.2) is 11.6 Å². The highest BCUT2D eigenvalue weighted by Gasteiger charge is 2.37. The molecule has 0 unspecified atom stereocenters. The molecule has 1 aliphatic rings. The monoisotopic (exact) mass is 205 g/mol. The maximum Gasteiger partial charge on any atom is 0.119 e. The second kappa shape index (κ2) is 3.86. The molecule has 0 saturated heterocycles. The van der Waals surface area contributed by atoms with E-state index in [9.17, 15) is 0 Å². The summed E-state index contributed by atoms with van der Waals surface area (Å²) in [5.74, 6) is 0.951. The van der Waals surface area contributed by atoms with E-state index in [1.54, 1.807) is 0 Å². The quantitative estimate of drug-likeness (QED) is 0.819. The Kier molecular flexibility index (Phi) is 2.70. The smallest absolute Gasteiger partial charge is 0.119 e. The molecule has 15 heavy (non-hydrogen) atoms. The minimum absolute atomic E-state index is 0.0798. The molecule has 0 heterocycles. The van der Waals surface area contributed by atoms with Gasteiger partial charge in [0.25, 0.3) is 0 Å². The maximum absolute atomic E-state index is 6.09. The lowest BCUT2D eigenvalue weighted by molar-refractivity contribution is 0.242. The maximum atomic E-state index is 6.09. The summed E-state index contributed by atoms with van der Waals surface area (Å²) in [4.78, 5) is 0. The van der Waals surface area contributed by atoms with Gasteiger partial charge in [0.15, 0.2) is 0 Å². The Bertz CT molecular complexity index is 342. The van der Waals surface area contributed by atoms with Gasteiger partial charge in [0.1, 0.15) is 5.75 Å². The molecular weight excluding hydrogens is 186 g/mol. The fraction of sp³-hybridized carbons (Fsp3) is 0.538. The molecule has 82 valence electrons. The Balaban J connectivity index is 2.05. The van der Waals surface area contributed by atoms with Gasteiger partial charge in [-0.25, -0.2) is 0 Å². The van der Waals surface area contributed by atoms with E-state index in [-0.39, 0.29) is 11.6 Å². The Hall–Kier alpha value is -1.02. The molecule has 1 fully saturated rings. The molecule has 1 aromatic carbocycles. The Morgan fingerprint density at radius 1 is 1.40 bits per heavy atom. The highest BCUT2D eigenvalue weighted by atomic mass is 16.5. The van der Waals surface area contributed by atoms with Crippen LogP contribution in [0.5, 0.6) is 5.75 Å². The van der Waals surface area contributed by atoms with Gasteiger partial charge < -0.3 is 10.5 Å². The third-order valence-electron chi connectivity index (χ3n) is 2.72. The first-order valence-electron chi connectivity index (χ1n) is 5.62. The lowest BCUT2D eigenvalue weighted by Crippen LogP contribution is -2.24. The van der Waals surface area contributed by atoms with Crippen molar-refractivity contribution < 1.29 is 4.74 Å². The minimum atomic E-state index is 0.0798. The fourth-order valence-electron chi connectivity index (χ4n) is 1.74. The van der Waals surface area contributed by atoms with Crippen LogP contribution in [0.25, 0.3) is 0 Å². The SMILES string of the molecule is CC(C)Oc1cccc(CC2(N)CC2)c1. The van der Waals surface area contributed by atoms with E-state index in [4.69, 9.17) is 10.5 Å². The van der Waals surface area contributed by atoms with Gasteiger partial charge >= 0.3 is 0 Å². The third-order valence-corrected chi connectivity index (χ3v) is 2.72. The van der Waals surface area contributed by atoms with Crippen LogP contribution < -0.4 is 10.5 Å². The van der Waals surface area contributed by atoms with Crippen molar-refractivity contribution in [3.63, 3.8) is 0 Å². The van der Waals surface area contributed by atoms with Gasteiger partial charge in [0.05, 0.1) is 6.10 Å². The number of nitrogens with two attached hydrogens (primary N) is 1. The zero-order valence-corrected chi connectivity index (χ0v) is 9.49. The van der Waals surface area contributed by atoms with E-state index in [0.717, 1.165) is 25.0 Å².